The highest BCUT2D eigenvalue weighted by atomic mass is 19.4. The number of benzene rings is 1. The van der Waals surface area contributed by atoms with Crippen LogP contribution < -0.4 is 11.1 Å². The van der Waals surface area contributed by atoms with Gasteiger partial charge >= 0.3 is 6.18 Å². The molecule has 2 aromatic rings. The molecule has 0 atom stereocenters. The first-order valence-corrected chi connectivity index (χ1v) is 6.74. The number of hydrogen-bond acceptors (Lipinski definition) is 4. The third-order valence-corrected chi connectivity index (χ3v) is 2.89. The van der Waals surface area contributed by atoms with E-state index in [1.54, 1.807) is 13.8 Å². The average Bonchev–Trinajstić information content (AvgIpc) is 2.93. The highest BCUT2D eigenvalue weighted by molar-refractivity contribution is 5.92. The second-order valence-corrected chi connectivity index (χ2v) is 5.73. The Morgan fingerprint density at radius 1 is 1.30 bits per heavy atom. The Morgan fingerprint density at radius 2 is 1.96 bits per heavy atom. The molecular formula is C14H16F3N5O. The minimum atomic E-state index is -4.53. The van der Waals surface area contributed by atoms with Gasteiger partial charge < -0.3 is 11.1 Å². The SMILES string of the molecule is CC(C)(N)CNC(=O)c1cn(-c2ccccc2C(F)(F)F)nn1. The maximum absolute atomic E-state index is 13.0. The van der Waals surface area contributed by atoms with E-state index >= 15 is 0 Å². The Bertz CT molecular complexity index is 703. The number of alkyl halides is 3. The summed E-state index contributed by atoms with van der Waals surface area (Å²) in [4.78, 5) is 11.9. The van der Waals surface area contributed by atoms with Crippen LogP contribution in [0.2, 0.25) is 0 Å². The number of nitrogens with two attached hydrogens (primary N) is 1. The molecule has 0 aliphatic carbocycles. The molecular weight excluding hydrogens is 311 g/mol. The summed E-state index contributed by atoms with van der Waals surface area (Å²) in [7, 11) is 0. The zero-order chi connectivity index (χ0) is 17.3. The summed E-state index contributed by atoms with van der Waals surface area (Å²) in [5, 5.41) is 9.76. The number of hydrogen-bond donors (Lipinski definition) is 2. The lowest BCUT2D eigenvalue weighted by Gasteiger charge is -2.18. The van der Waals surface area contributed by atoms with Crippen molar-refractivity contribution in [1.29, 1.82) is 0 Å². The molecule has 1 aromatic carbocycles. The summed E-state index contributed by atoms with van der Waals surface area (Å²) >= 11 is 0. The molecule has 6 nitrogen and oxygen atoms in total. The third kappa shape index (κ3) is 4.28. The van der Waals surface area contributed by atoms with Crippen LogP contribution in [0.5, 0.6) is 0 Å². The van der Waals surface area contributed by atoms with E-state index in [-0.39, 0.29) is 17.9 Å². The molecule has 23 heavy (non-hydrogen) atoms. The van der Waals surface area contributed by atoms with Gasteiger partial charge in [0.25, 0.3) is 5.91 Å². The molecule has 0 saturated carbocycles. The maximum atomic E-state index is 13.0. The molecule has 1 aromatic heterocycles. The van der Waals surface area contributed by atoms with Gasteiger partial charge in [-0.3, -0.25) is 4.79 Å². The van der Waals surface area contributed by atoms with E-state index in [2.05, 4.69) is 15.6 Å². The molecule has 0 spiro atoms. The number of nitrogens with one attached hydrogen (secondary N) is 1. The number of carbonyl (C=O) groups is 1. The minimum Gasteiger partial charge on any atom is -0.349 e. The standard InChI is InChI=1S/C14H16F3N5O/c1-13(2,18)8-19-12(23)10-7-22(21-20-10)11-6-4-3-5-9(11)14(15,16)17/h3-7H,8,18H2,1-2H3,(H,19,23). The zero-order valence-corrected chi connectivity index (χ0v) is 12.6. The van der Waals surface area contributed by atoms with Crippen molar-refractivity contribution in [3.05, 3.63) is 41.7 Å². The molecule has 2 rings (SSSR count). The van der Waals surface area contributed by atoms with Gasteiger partial charge in [0, 0.05) is 12.1 Å². The predicted molar refractivity (Wildman–Crippen MR) is 77.0 cm³/mol. The molecule has 0 bridgehead atoms. The summed E-state index contributed by atoms with van der Waals surface area (Å²) in [6.07, 6.45) is -3.39. The molecule has 124 valence electrons. The number of nitrogens with zero attached hydrogens (tertiary/aromatic N) is 3. The Balaban J connectivity index is 2.25. The lowest BCUT2D eigenvalue weighted by molar-refractivity contribution is -0.137. The summed E-state index contributed by atoms with van der Waals surface area (Å²) in [5.74, 6) is -0.556. The highest BCUT2D eigenvalue weighted by Crippen LogP contribution is 2.33. The number of rotatable bonds is 4. The molecule has 1 heterocycles. The van der Waals surface area contributed by atoms with Gasteiger partial charge in [0.2, 0.25) is 0 Å². The summed E-state index contributed by atoms with van der Waals surface area (Å²) < 4.78 is 39.9. The fraction of sp³-hybridized carbons (Fsp3) is 0.357. The zero-order valence-electron chi connectivity index (χ0n) is 12.6. The van der Waals surface area contributed by atoms with Crippen molar-refractivity contribution < 1.29 is 18.0 Å². The topological polar surface area (TPSA) is 85.8 Å². The Kier molecular flexibility index (Phi) is 4.42. The van der Waals surface area contributed by atoms with Crippen molar-refractivity contribution >= 4 is 5.91 Å². The van der Waals surface area contributed by atoms with Gasteiger partial charge in [0.1, 0.15) is 0 Å². The largest absolute Gasteiger partial charge is 0.418 e. The molecule has 0 unspecified atom stereocenters. The average molecular weight is 327 g/mol. The molecule has 0 fully saturated rings. The Morgan fingerprint density at radius 3 is 2.57 bits per heavy atom. The van der Waals surface area contributed by atoms with E-state index in [0.717, 1.165) is 16.9 Å². The molecule has 1 amide bonds. The number of carbonyl (C=O) groups excluding carboxylic acids is 1. The number of amides is 1. The van der Waals surface area contributed by atoms with Crippen LogP contribution in [-0.4, -0.2) is 33.0 Å². The van der Waals surface area contributed by atoms with Gasteiger partial charge in [-0.1, -0.05) is 17.3 Å². The smallest absolute Gasteiger partial charge is 0.349 e. The van der Waals surface area contributed by atoms with Crippen molar-refractivity contribution in [3.8, 4) is 5.69 Å². The number of halogens is 3. The van der Waals surface area contributed by atoms with Crippen LogP contribution >= 0.6 is 0 Å². The maximum Gasteiger partial charge on any atom is 0.418 e. The Labute approximate surface area is 130 Å². The van der Waals surface area contributed by atoms with Crippen LogP contribution in [0.3, 0.4) is 0 Å². The first-order chi connectivity index (χ1) is 10.6. The number of para-hydroxylation sites is 1. The number of aromatic nitrogens is 3. The van der Waals surface area contributed by atoms with E-state index in [1.807, 2.05) is 0 Å². The van der Waals surface area contributed by atoms with Crippen molar-refractivity contribution in [2.75, 3.05) is 6.54 Å². The van der Waals surface area contributed by atoms with Crippen LogP contribution in [0.15, 0.2) is 30.5 Å². The van der Waals surface area contributed by atoms with Crippen LogP contribution in [0.1, 0.15) is 29.9 Å². The van der Waals surface area contributed by atoms with Crippen LogP contribution in [0, 0.1) is 0 Å². The monoisotopic (exact) mass is 327 g/mol. The van der Waals surface area contributed by atoms with E-state index in [9.17, 15) is 18.0 Å². The van der Waals surface area contributed by atoms with E-state index in [1.165, 1.54) is 18.2 Å². The lowest BCUT2D eigenvalue weighted by atomic mass is 10.1. The minimum absolute atomic E-state index is 0.0915. The van der Waals surface area contributed by atoms with Crippen LogP contribution in [0.4, 0.5) is 13.2 Å². The molecule has 0 aliphatic heterocycles. The molecule has 0 radical (unpaired) electrons. The van der Waals surface area contributed by atoms with Gasteiger partial charge in [-0.05, 0) is 26.0 Å². The van der Waals surface area contributed by atoms with E-state index in [0.29, 0.717) is 0 Å². The Hall–Kier alpha value is -2.42. The highest BCUT2D eigenvalue weighted by Gasteiger charge is 2.34. The van der Waals surface area contributed by atoms with Crippen molar-refractivity contribution in [1.82, 2.24) is 20.3 Å². The van der Waals surface area contributed by atoms with Gasteiger partial charge in [0.15, 0.2) is 5.69 Å². The van der Waals surface area contributed by atoms with Crippen LogP contribution in [-0.2, 0) is 6.18 Å². The fourth-order valence-corrected chi connectivity index (χ4v) is 1.80. The van der Waals surface area contributed by atoms with Gasteiger partial charge in [-0.15, -0.1) is 5.10 Å². The van der Waals surface area contributed by atoms with E-state index < -0.39 is 23.2 Å². The summed E-state index contributed by atoms with van der Waals surface area (Å²) in [5.41, 5.74) is 3.97. The van der Waals surface area contributed by atoms with Crippen molar-refractivity contribution in [2.45, 2.75) is 25.6 Å². The normalized spacial score (nSPS) is 12.3. The summed E-state index contributed by atoms with van der Waals surface area (Å²) in [6.45, 7) is 3.64. The molecule has 0 aliphatic rings. The quantitative estimate of drug-likeness (QED) is 0.896. The van der Waals surface area contributed by atoms with Crippen molar-refractivity contribution in [3.63, 3.8) is 0 Å². The third-order valence-electron chi connectivity index (χ3n) is 2.89. The second kappa shape index (κ2) is 5.99. The first kappa shape index (κ1) is 16.9. The van der Waals surface area contributed by atoms with Gasteiger partial charge in [-0.25, -0.2) is 4.68 Å². The summed E-state index contributed by atoms with van der Waals surface area (Å²) in [6, 6.07) is 4.92. The predicted octanol–water partition coefficient (Wildman–Crippen LogP) is 1.75. The molecule has 9 heteroatoms. The van der Waals surface area contributed by atoms with Crippen molar-refractivity contribution in [2.24, 2.45) is 5.73 Å². The van der Waals surface area contributed by atoms with Gasteiger partial charge in [-0.2, -0.15) is 13.2 Å². The molecule has 0 saturated heterocycles. The lowest BCUT2D eigenvalue weighted by Crippen LogP contribution is -2.45. The molecule has 3 N–H and O–H groups in total. The fourth-order valence-electron chi connectivity index (χ4n) is 1.80. The second-order valence-electron chi connectivity index (χ2n) is 5.73. The van der Waals surface area contributed by atoms with Gasteiger partial charge in [0.05, 0.1) is 17.4 Å². The van der Waals surface area contributed by atoms with E-state index in [4.69, 9.17) is 5.73 Å². The van der Waals surface area contributed by atoms with Crippen LogP contribution in [0.25, 0.3) is 5.69 Å². The first-order valence-electron chi connectivity index (χ1n) is 6.74.